The smallest absolute Gasteiger partial charge is 0.339 e. The van der Waals surface area contributed by atoms with Crippen molar-refractivity contribution in [2.24, 2.45) is 0 Å². The van der Waals surface area contributed by atoms with E-state index in [-0.39, 0.29) is 24.5 Å². The van der Waals surface area contributed by atoms with Gasteiger partial charge in [0.1, 0.15) is 0 Å². The molecule has 6 heteroatoms. The molecule has 1 amide bonds. The van der Waals surface area contributed by atoms with Gasteiger partial charge in [0.15, 0.2) is 6.10 Å². The molecule has 0 spiro atoms. The Morgan fingerprint density at radius 3 is 2.89 bits per heavy atom. The third kappa shape index (κ3) is 2.74. The van der Waals surface area contributed by atoms with Crippen molar-refractivity contribution >= 4 is 17.6 Å². The van der Waals surface area contributed by atoms with E-state index in [0.29, 0.717) is 12.3 Å². The molecule has 0 saturated carbocycles. The highest BCUT2D eigenvalue weighted by molar-refractivity contribution is 5.94. The van der Waals surface area contributed by atoms with E-state index < -0.39 is 12.1 Å². The number of hydrogen-bond acceptors (Lipinski definition) is 5. The molecule has 2 rings (SSSR count). The summed E-state index contributed by atoms with van der Waals surface area (Å²) in [5.74, 6) is -0.954. The molecule has 1 aliphatic heterocycles. The van der Waals surface area contributed by atoms with Gasteiger partial charge in [-0.1, -0.05) is 18.2 Å². The number of carbonyl (C=O) groups excluding carboxylic acids is 2. The quantitative estimate of drug-likeness (QED) is 0.820. The van der Waals surface area contributed by atoms with Crippen molar-refractivity contribution in [2.75, 3.05) is 18.3 Å². The number of aliphatic hydroxyl groups is 1. The third-order valence-corrected chi connectivity index (χ3v) is 2.72. The average molecular weight is 265 g/mol. The molecule has 0 aliphatic carbocycles. The van der Waals surface area contributed by atoms with Gasteiger partial charge in [0, 0.05) is 5.56 Å². The SMILES string of the molecule is CCOC(=O)C(O)c1ccccc1N1OCCC1=O. The Hall–Kier alpha value is -1.92. The van der Waals surface area contributed by atoms with Gasteiger partial charge in [0.2, 0.25) is 0 Å². The van der Waals surface area contributed by atoms with Gasteiger partial charge >= 0.3 is 5.97 Å². The molecule has 19 heavy (non-hydrogen) atoms. The molecule has 102 valence electrons. The molecule has 0 radical (unpaired) electrons. The first kappa shape index (κ1) is 13.5. The predicted octanol–water partition coefficient (Wildman–Crippen LogP) is 0.951. The first-order valence-corrected chi connectivity index (χ1v) is 6.04. The van der Waals surface area contributed by atoms with Crippen molar-refractivity contribution in [3.63, 3.8) is 0 Å². The van der Waals surface area contributed by atoms with Gasteiger partial charge in [-0.2, -0.15) is 5.06 Å². The second kappa shape index (κ2) is 5.81. The number of esters is 1. The number of amides is 1. The van der Waals surface area contributed by atoms with Crippen molar-refractivity contribution < 1.29 is 24.3 Å². The molecular formula is C13H15NO5. The number of aliphatic hydroxyl groups excluding tert-OH is 1. The summed E-state index contributed by atoms with van der Waals surface area (Å²) in [5.41, 5.74) is 0.654. The summed E-state index contributed by atoms with van der Waals surface area (Å²) < 4.78 is 4.77. The average Bonchev–Trinajstić information content (AvgIpc) is 2.84. The van der Waals surface area contributed by atoms with E-state index in [4.69, 9.17) is 9.57 Å². The van der Waals surface area contributed by atoms with E-state index in [1.165, 1.54) is 0 Å². The lowest BCUT2D eigenvalue weighted by atomic mass is 10.1. The molecule has 1 saturated heterocycles. The molecule has 1 unspecified atom stereocenters. The lowest BCUT2D eigenvalue weighted by Crippen LogP contribution is -2.25. The Labute approximate surface area is 110 Å². The lowest BCUT2D eigenvalue weighted by Gasteiger charge is -2.20. The first-order chi connectivity index (χ1) is 9.15. The number of nitrogens with zero attached hydrogens (tertiary/aromatic N) is 1. The van der Waals surface area contributed by atoms with Gasteiger partial charge in [-0.05, 0) is 13.0 Å². The Balaban J connectivity index is 2.30. The minimum atomic E-state index is -1.44. The molecule has 0 bridgehead atoms. The van der Waals surface area contributed by atoms with Gasteiger partial charge in [-0.15, -0.1) is 0 Å². The molecule has 1 N–H and O–H groups in total. The van der Waals surface area contributed by atoms with Crippen molar-refractivity contribution in [1.29, 1.82) is 0 Å². The molecule has 1 fully saturated rings. The number of para-hydroxylation sites is 1. The second-order valence-corrected chi connectivity index (χ2v) is 3.98. The molecule has 6 nitrogen and oxygen atoms in total. The molecule has 1 atom stereocenters. The molecule has 0 aromatic heterocycles. The predicted molar refractivity (Wildman–Crippen MR) is 66.1 cm³/mol. The van der Waals surface area contributed by atoms with Gasteiger partial charge in [-0.3, -0.25) is 9.63 Å². The number of hydroxylamine groups is 1. The van der Waals surface area contributed by atoms with Crippen LogP contribution in [0.15, 0.2) is 24.3 Å². The summed E-state index contributed by atoms with van der Waals surface area (Å²) in [6.07, 6.45) is -1.16. The third-order valence-electron chi connectivity index (χ3n) is 2.72. The number of anilines is 1. The maximum absolute atomic E-state index is 11.6. The van der Waals surface area contributed by atoms with Crippen molar-refractivity contribution in [2.45, 2.75) is 19.4 Å². The zero-order chi connectivity index (χ0) is 13.8. The van der Waals surface area contributed by atoms with Crippen LogP contribution in [0.3, 0.4) is 0 Å². The van der Waals surface area contributed by atoms with E-state index >= 15 is 0 Å². The maximum Gasteiger partial charge on any atom is 0.339 e. The Bertz CT molecular complexity index is 488. The van der Waals surface area contributed by atoms with Crippen LogP contribution < -0.4 is 5.06 Å². The first-order valence-electron chi connectivity index (χ1n) is 6.04. The molecular weight excluding hydrogens is 250 g/mol. The summed E-state index contributed by atoms with van der Waals surface area (Å²) >= 11 is 0. The van der Waals surface area contributed by atoms with E-state index in [1.807, 2.05) is 0 Å². The highest BCUT2D eigenvalue weighted by atomic mass is 16.7. The Morgan fingerprint density at radius 1 is 1.53 bits per heavy atom. The maximum atomic E-state index is 11.6. The van der Waals surface area contributed by atoms with Crippen LogP contribution >= 0.6 is 0 Å². The summed E-state index contributed by atoms with van der Waals surface area (Å²) in [6, 6.07) is 6.54. The van der Waals surface area contributed by atoms with Crippen LogP contribution in [0.2, 0.25) is 0 Å². The number of benzene rings is 1. The minimum absolute atomic E-state index is 0.178. The molecule has 1 heterocycles. The number of ether oxygens (including phenoxy) is 1. The van der Waals surface area contributed by atoms with E-state index in [1.54, 1.807) is 31.2 Å². The number of hydrogen-bond donors (Lipinski definition) is 1. The van der Waals surface area contributed by atoms with E-state index in [2.05, 4.69) is 0 Å². The van der Waals surface area contributed by atoms with Gasteiger partial charge in [0.25, 0.3) is 5.91 Å². The van der Waals surface area contributed by atoms with Crippen LogP contribution in [0.4, 0.5) is 5.69 Å². The van der Waals surface area contributed by atoms with Crippen LogP contribution in [0.1, 0.15) is 25.0 Å². The van der Waals surface area contributed by atoms with Crippen LogP contribution in [0.5, 0.6) is 0 Å². The largest absolute Gasteiger partial charge is 0.464 e. The molecule has 1 aromatic carbocycles. The molecule has 1 aromatic rings. The van der Waals surface area contributed by atoms with Gasteiger partial charge < -0.3 is 9.84 Å². The van der Waals surface area contributed by atoms with Crippen LogP contribution in [-0.4, -0.2) is 30.2 Å². The summed E-state index contributed by atoms with van der Waals surface area (Å²) in [4.78, 5) is 28.4. The molecule has 1 aliphatic rings. The van der Waals surface area contributed by atoms with Crippen molar-refractivity contribution in [3.8, 4) is 0 Å². The Morgan fingerprint density at radius 2 is 2.26 bits per heavy atom. The highest BCUT2D eigenvalue weighted by Crippen LogP contribution is 2.29. The number of carbonyl (C=O) groups is 2. The number of rotatable bonds is 4. The van der Waals surface area contributed by atoms with Crippen molar-refractivity contribution in [1.82, 2.24) is 0 Å². The fourth-order valence-corrected chi connectivity index (χ4v) is 1.85. The second-order valence-electron chi connectivity index (χ2n) is 3.98. The minimum Gasteiger partial charge on any atom is -0.464 e. The van der Waals surface area contributed by atoms with Gasteiger partial charge in [0.05, 0.1) is 25.3 Å². The zero-order valence-corrected chi connectivity index (χ0v) is 10.5. The highest BCUT2D eigenvalue weighted by Gasteiger charge is 2.29. The fraction of sp³-hybridized carbons (Fsp3) is 0.385. The summed E-state index contributed by atoms with van der Waals surface area (Å²) in [6.45, 7) is 2.13. The van der Waals surface area contributed by atoms with Crippen LogP contribution in [0.25, 0.3) is 0 Å². The van der Waals surface area contributed by atoms with E-state index in [9.17, 15) is 14.7 Å². The summed E-state index contributed by atoms with van der Waals surface area (Å²) in [5, 5.41) is 11.1. The van der Waals surface area contributed by atoms with Gasteiger partial charge in [-0.25, -0.2) is 4.79 Å². The topological polar surface area (TPSA) is 76.1 Å². The normalized spacial score (nSPS) is 16.5. The van der Waals surface area contributed by atoms with Crippen LogP contribution in [-0.2, 0) is 19.2 Å². The van der Waals surface area contributed by atoms with Crippen LogP contribution in [0, 0.1) is 0 Å². The Kier molecular flexibility index (Phi) is 4.13. The fourth-order valence-electron chi connectivity index (χ4n) is 1.85. The summed E-state index contributed by atoms with van der Waals surface area (Å²) in [7, 11) is 0. The lowest BCUT2D eigenvalue weighted by molar-refractivity contribution is -0.153. The van der Waals surface area contributed by atoms with Crippen molar-refractivity contribution in [3.05, 3.63) is 29.8 Å². The monoisotopic (exact) mass is 265 g/mol. The standard InChI is InChI=1S/C13H15NO5/c1-2-18-13(17)12(16)9-5-3-4-6-10(9)14-11(15)7-8-19-14/h3-6,12,16H,2,7-8H2,1H3. The van der Waals surface area contributed by atoms with E-state index in [0.717, 1.165) is 5.06 Å². The zero-order valence-electron chi connectivity index (χ0n) is 10.5.